The third-order valence-corrected chi connectivity index (χ3v) is 6.24. The number of benzene rings is 1. The molecule has 5 heteroatoms. The highest BCUT2D eigenvalue weighted by Crippen LogP contribution is 2.36. The monoisotopic (exact) mass is 304 g/mol. The Morgan fingerprint density at radius 3 is 2.76 bits per heavy atom. The lowest BCUT2D eigenvalue weighted by Crippen LogP contribution is -2.50. The molecule has 1 aliphatic rings. The first kappa shape index (κ1) is 14.3. The molecule has 1 fully saturated rings. The molecule has 0 radical (unpaired) electrons. The SMILES string of the molecule is Cc1ccc2cc(C(=O)NCC3([S@](C)=O)CCC3)[nH]c2c1. The molecule has 0 bridgehead atoms. The van der Waals surface area contributed by atoms with Crippen LogP contribution in [0.15, 0.2) is 24.3 Å². The molecule has 1 amide bonds. The maximum atomic E-state index is 12.3. The largest absolute Gasteiger partial charge is 0.351 e. The van der Waals surface area contributed by atoms with Gasteiger partial charge in [-0.05, 0) is 37.5 Å². The Kier molecular flexibility index (Phi) is 3.61. The molecule has 1 aliphatic carbocycles. The van der Waals surface area contributed by atoms with Gasteiger partial charge in [-0.3, -0.25) is 9.00 Å². The third kappa shape index (κ3) is 2.62. The molecule has 0 saturated heterocycles. The van der Waals surface area contributed by atoms with Crippen LogP contribution in [-0.4, -0.2) is 32.6 Å². The number of rotatable bonds is 4. The zero-order valence-corrected chi connectivity index (χ0v) is 13.2. The number of aromatic amines is 1. The maximum absolute atomic E-state index is 12.3. The molecule has 2 N–H and O–H groups in total. The molecule has 0 unspecified atom stereocenters. The zero-order chi connectivity index (χ0) is 15.0. The van der Waals surface area contributed by atoms with Crippen LogP contribution in [0.2, 0.25) is 0 Å². The van der Waals surface area contributed by atoms with Crippen molar-refractivity contribution in [3.63, 3.8) is 0 Å². The van der Waals surface area contributed by atoms with E-state index in [0.717, 1.165) is 35.7 Å². The lowest BCUT2D eigenvalue weighted by atomic mass is 9.84. The van der Waals surface area contributed by atoms with Gasteiger partial charge in [0, 0.05) is 34.5 Å². The normalized spacial score (nSPS) is 18.2. The number of carbonyl (C=O) groups is 1. The number of hydrogen-bond donors (Lipinski definition) is 2. The highest BCUT2D eigenvalue weighted by Gasteiger charge is 2.41. The average molecular weight is 304 g/mol. The minimum atomic E-state index is -0.898. The number of carbonyl (C=O) groups excluding carboxylic acids is 1. The third-order valence-electron chi connectivity index (χ3n) is 4.47. The molecule has 1 aromatic carbocycles. The van der Waals surface area contributed by atoms with Crippen LogP contribution in [0.5, 0.6) is 0 Å². The molecule has 112 valence electrons. The fourth-order valence-electron chi connectivity index (χ4n) is 2.84. The van der Waals surface area contributed by atoms with E-state index in [1.807, 2.05) is 31.2 Å². The van der Waals surface area contributed by atoms with Crippen molar-refractivity contribution in [3.05, 3.63) is 35.5 Å². The first-order valence-electron chi connectivity index (χ1n) is 7.21. The Balaban J connectivity index is 1.73. The van der Waals surface area contributed by atoms with Crippen molar-refractivity contribution < 1.29 is 9.00 Å². The fourth-order valence-corrected chi connectivity index (χ4v) is 3.98. The Morgan fingerprint density at radius 2 is 2.14 bits per heavy atom. The van der Waals surface area contributed by atoms with Crippen molar-refractivity contribution in [2.45, 2.75) is 30.9 Å². The van der Waals surface area contributed by atoms with Gasteiger partial charge in [-0.15, -0.1) is 0 Å². The Bertz CT molecular complexity index is 716. The predicted octanol–water partition coefficient (Wildman–Crippen LogP) is 2.51. The molecule has 0 spiro atoms. The topological polar surface area (TPSA) is 62.0 Å². The van der Waals surface area contributed by atoms with Crippen LogP contribution in [0, 0.1) is 6.92 Å². The molecule has 1 heterocycles. The molecule has 4 nitrogen and oxygen atoms in total. The number of nitrogens with one attached hydrogen (secondary N) is 2. The summed E-state index contributed by atoms with van der Waals surface area (Å²) < 4.78 is 11.6. The van der Waals surface area contributed by atoms with Gasteiger partial charge in [-0.25, -0.2) is 0 Å². The predicted molar refractivity (Wildman–Crippen MR) is 86.0 cm³/mol. The zero-order valence-electron chi connectivity index (χ0n) is 12.4. The second kappa shape index (κ2) is 5.30. The number of H-pyrrole nitrogens is 1. The van der Waals surface area contributed by atoms with Crippen molar-refractivity contribution in [1.29, 1.82) is 0 Å². The Labute approximate surface area is 126 Å². The summed E-state index contributed by atoms with van der Waals surface area (Å²) in [4.78, 5) is 15.4. The second-order valence-electron chi connectivity index (χ2n) is 5.95. The number of aryl methyl sites for hydroxylation is 1. The van der Waals surface area contributed by atoms with Crippen LogP contribution >= 0.6 is 0 Å². The van der Waals surface area contributed by atoms with Gasteiger partial charge >= 0.3 is 0 Å². The van der Waals surface area contributed by atoms with Crippen LogP contribution in [0.4, 0.5) is 0 Å². The minimum Gasteiger partial charge on any atom is -0.351 e. The van der Waals surface area contributed by atoms with E-state index in [9.17, 15) is 9.00 Å². The molecule has 1 atom stereocenters. The first-order valence-corrected chi connectivity index (χ1v) is 8.77. The van der Waals surface area contributed by atoms with E-state index in [1.165, 1.54) is 0 Å². The van der Waals surface area contributed by atoms with E-state index in [0.29, 0.717) is 12.2 Å². The van der Waals surface area contributed by atoms with Gasteiger partial charge in [0.1, 0.15) is 5.69 Å². The molecule has 3 rings (SSSR count). The minimum absolute atomic E-state index is 0.124. The smallest absolute Gasteiger partial charge is 0.267 e. The summed E-state index contributed by atoms with van der Waals surface area (Å²) in [7, 11) is -0.898. The van der Waals surface area contributed by atoms with Crippen LogP contribution in [0.25, 0.3) is 10.9 Å². The van der Waals surface area contributed by atoms with Crippen molar-refractivity contribution in [3.8, 4) is 0 Å². The number of aromatic nitrogens is 1. The number of fused-ring (bicyclic) bond motifs is 1. The van der Waals surface area contributed by atoms with Crippen LogP contribution in [0.1, 0.15) is 35.3 Å². The molecule has 1 aromatic heterocycles. The van der Waals surface area contributed by atoms with Crippen molar-refractivity contribution in [1.82, 2.24) is 10.3 Å². The molecule has 1 saturated carbocycles. The van der Waals surface area contributed by atoms with Crippen molar-refractivity contribution >= 4 is 27.6 Å². The molecule has 0 aliphatic heterocycles. The summed E-state index contributed by atoms with van der Waals surface area (Å²) in [6.45, 7) is 2.51. The van der Waals surface area contributed by atoms with E-state index in [1.54, 1.807) is 6.26 Å². The van der Waals surface area contributed by atoms with E-state index >= 15 is 0 Å². The summed E-state index contributed by atoms with van der Waals surface area (Å²) in [5.74, 6) is -0.124. The van der Waals surface area contributed by atoms with Gasteiger partial charge in [0.15, 0.2) is 0 Å². The van der Waals surface area contributed by atoms with Crippen LogP contribution in [0.3, 0.4) is 0 Å². The van der Waals surface area contributed by atoms with Crippen molar-refractivity contribution in [2.75, 3.05) is 12.8 Å². The number of hydrogen-bond acceptors (Lipinski definition) is 2. The lowest BCUT2D eigenvalue weighted by molar-refractivity contribution is 0.0939. The van der Waals surface area contributed by atoms with Gasteiger partial charge in [0.05, 0.1) is 4.75 Å². The molecule has 21 heavy (non-hydrogen) atoms. The average Bonchev–Trinajstić information content (AvgIpc) is 2.79. The lowest BCUT2D eigenvalue weighted by Gasteiger charge is -2.39. The Morgan fingerprint density at radius 1 is 1.38 bits per heavy atom. The van der Waals surface area contributed by atoms with Gasteiger partial charge in [-0.2, -0.15) is 0 Å². The van der Waals surface area contributed by atoms with E-state index in [4.69, 9.17) is 0 Å². The first-order chi connectivity index (χ1) is 10.00. The number of amides is 1. The van der Waals surface area contributed by atoms with Gasteiger partial charge < -0.3 is 10.3 Å². The van der Waals surface area contributed by atoms with Crippen molar-refractivity contribution in [2.24, 2.45) is 0 Å². The van der Waals surface area contributed by atoms with Crippen LogP contribution in [-0.2, 0) is 10.8 Å². The molecular weight excluding hydrogens is 284 g/mol. The molecular formula is C16H20N2O2S. The standard InChI is InChI=1S/C16H20N2O2S/c1-11-4-5-12-9-14(18-13(12)8-11)15(19)17-10-16(21(2)20)6-3-7-16/h4-5,8-9,18H,3,6-7,10H2,1-2H3,(H,17,19)/t21-/m0/s1. The summed E-state index contributed by atoms with van der Waals surface area (Å²) in [6, 6.07) is 7.93. The summed E-state index contributed by atoms with van der Waals surface area (Å²) in [5.41, 5.74) is 2.69. The van der Waals surface area contributed by atoms with E-state index in [-0.39, 0.29) is 10.7 Å². The quantitative estimate of drug-likeness (QED) is 0.911. The highest BCUT2D eigenvalue weighted by molar-refractivity contribution is 7.85. The second-order valence-corrected chi connectivity index (χ2v) is 7.72. The maximum Gasteiger partial charge on any atom is 0.267 e. The van der Waals surface area contributed by atoms with E-state index in [2.05, 4.69) is 10.3 Å². The fraction of sp³-hybridized carbons (Fsp3) is 0.438. The van der Waals surface area contributed by atoms with E-state index < -0.39 is 10.8 Å². The molecule has 2 aromatic rings. The summed E-state index contributed by atoms with van der Waals surface area (Å²) in [6.07, 6.45) is 4.70. The summed E-state index contributed by atoms with van der Waals surface area (Å²) in [5, 5.41) is 3.97. The Hall–Kier alpha value is -1.62. The highest BCUT2D eigenvalue weighted by atomic mass is 32.2. The van der Waals surface area contributed by atoms with Gasteiger partial charge in [-0.1, -0.05) is 18.6 Å². The van der Waals surface area contributed by atoms with Gasteiger partial charge in [0.2, 0.25) is 0 Å². The summed E-state index contributed by atoms with van der Waals surface area (Å²) >= 11 is 0. The van der Waals surface area contributed by atoms with Gasteiger partial charge in [0.25, 0.3) is 5.91 Å². The van der Waals surface area contributed by atoms with Crippen LogP contribution < -0.4 is 5.32 Å².